The molecule has 0 atom stereocenters. The highest BCUT2D eigenvalue weighted by Crippen LogP contribution is 2.22. The van der Waals surface area contributed by atoms with Crippen LogP contribution in [-0.2, 0) is 16.1 Å². The van der Waals surface area contributed by atoms with E-state index >= 15 is 0 Å². The monoisotopic (exact) mass is 388 g/mol. The third-order valence-electron chi connectivity index (χ3n) is 3.70. The highest BCUT2D eigenvalue weighted by atomic mass is 32.2. The van der Waals surface area contributed by atoms with Crippen molar-refractivity contribution < 1.29 is 19.1 Å². The zero-order valence-corrected chi connectivity index (χ0v) is 16.5. The molecule has 0 aliphatic rings. The third-order valence-corrected chi connectivity index (χ3v) is 4.64. The average molecular weight is 388 g/mol. The Morgan fingerprint density at radius 2 is 1.52 bits per heavy atom. The zero-order chi connectivity index (χ0) is 19.6. The molecule has 0 aliphatic heterocycles. The fraction of sp³-hybridized carbons (Fsp3) is 0.300. The van der Waals surface area contributed by atoms with Gasteiger partial charge < -0.3 is 20.1 Å². The normalized spacial score (nSPS) is 10.2. The van der Waals surface area contributed by atoms with Crippen molar-refractivity contribution in [3.8, 4) is 11.5 Å². The number of nitrogens with one attached hydrogen (secondary N) is 2. The maximum atomic E-state index is 12.0. The van der Waals surface area contributed by atoms with Crippen LogP contribution in [0.25, 0.3) is 0 Å². The summed E-state index contributed by atoms with van der Waals surface area (Å²) >= 11 is 1.27. The molecule has 0 saturated heterocycles. The summed E-state index contributed by atoms with van der Waals surface area (Å²) in [6.07, 6.45) is 0. The first-order valence-corrected chi connectivity index (χ1v) is 9.58. The van der Waals surface area contributed by atoms with E-state index in [1.807, 2.05) is 43.3 Å². The number of ether oxygens (including phenoxy) is 2. The number of anilines is 1. The minimum atomic E-state index is -0.134. The van der Waals surface area contributed by atoms with Crippen LogP contribution in [0.5, 0.6) is 11.5 Å². The fourth-order valence-electron chi connectivity index (χ4n) is 2.29. The van der Waals surface area contributed by atoms with Crippen LogP contribution in [0.2, 0.25) is 0 Å². The lowest BCUT2D eigenvalue weighted by Gasteiger charge is -2.10. The van der Waals surface area contributed by atoms with Crippen molar-refractivity contribution in [2.75, 3.05) is 31.0 Å². The van der Waals surface area contributed by atoms with Gasteiger partial charge in [0.15, 0.2) is 0 Å². The Labute approximate surface area is 163 Å². The predicted octanol–water partition coefficient (Wildman–Crippen LogP) is 3.00. The number of carbonyl (C=O) groups excluding carboxylic acids is 2. The van der Waals surface area contributed by atoms with Gasteiger partial charge in [0.1, 0.15) is 11.5 Å². The number of aryl methyl sites for hydroxylation is 1. The van der Waals surface area contributed by atoms with E-state index in [9.17, 15) is 9.59 Å². The number of hydrogen-bond donors (Lipinski definition) is 2. The Balaban J connectivity index is 1.71. The Hall–Kier alpha value is -2.67. The molecular formula is C20H24N2O4S. The Morgan fingerprint density at radius 1 is 0.926 bits per heavy atom. The highest BCUT2D eigenvalue weighted by Gasteiger charge is 2.07. The summed E-state index contributed by atoms with van der Waals surface area (Å²) in [7, 11) is 3.16. The van der Waals surface area contributed by atoms with Gasteiger partial charge in [-0.1, -0.05) is 17.7 Å². The molecule has 2 aromatic carbocycles. The van der Waals surface area contributed by atoms with Crippen molar-refractivity contribution in [2.45, 2.75) is 13.5 Å². The highest BCUT2D eigenvalue weighted by molar-refractivity contribution is 8.00. The predicted molar refractivity (Wildman–Crippen MR) is 109 cm³/mol. The summed E-state index contributed by atoms with van der Waals surface area (Å²) in [5.74, 6) is 1.50. The maximum absolute atomic E-state index is 12.0. The van der Waals surface area contributed by atoms with Gasteiger partial charge in [-0.15, -0.1) is 11.8 Å². The number of rotatable bonds is 9. The van der Waals surface area contributed by atoms with Gasteiger partial charge in [0.05, 0.1) is 25.7 Å². The molecule has 27 heavy (non-hydrogen) atoms. The van der Waals surface area contributed by atoms with E-state index < -0.39 is 0 Å². The molecule has 0 bridgehead atoms. The Bertz CT molecular complexity index is 756. The van der Waals surface area contributed by atoms with Gasteiger partial charge in [-0.25, -0.2) is 0 Å². The first kappa shape index (κ1) is 20.6. The summed E-state index contributed by atoms with van der Waals surface area (Å²) < 4.78 is 10.4. The number of benzene rings is 2. The van der Waals surface area contributed by atoms with Crippen molar-refractivity contribution in [1.82, 2.24) is 5.32 Å². The number of carbonyl (C=O) groups is 2. The molecule has 2 N–H and O–H groups in total. The van der Waals surface area contributed by atoms with E-state index in [1.54, 1.807) is 20.3 Å². The molecule has 2 amide bonds. The van der Waals surface area contributed by atoms with Gasteiger partial charge in [-0.05, 0) is 36.8 Å². The molecule has 0 spiro atoms. The molecule has 0 unspecified atom stereocenters. The topological polar surface area (TPSA) is 76.7 Å². The van der Waals surface area contributed by atoms with E-state index in [-0.39, 0.29) is 23.3 Å². The van der Waals surface area contributed by atoms with Crippen molar-refractivity contribution in [3.63, 3.8) is 0 Å². The number of thioether (sulfide) groups is 1. The number of hydrogen-bond acceptors (Lipinski definition) is 5. The van der Waals surface area contributed by atoms with Gasteiger partial charge in [-0.2, -0.15) is 0 Å². The van der Waals surface area contributed by atoms with Crippen LogP contribution < -0.4 is 20.1 Å². The van der Waals surface area contributed by atoms with Crippen LogP contribution in [0, 0.1) is 6.92 Å². The van der Waals surface area contributed by atoms with Crippen molar-refractivity contribution >= 4 is 29.3 Å². The molecule has 0 heterocycles. The molecule has 0 radical (unpaired) electrons. The molecule has 7 heteroatoms. The van der Waals surface area contributed by atoms with Crippen LogP contribution in [0.4, 0.5) is 5.69 Å². The van der Waals surface area contributed by atoms with Crippen molar-refractivity contribution in [2.24, 2.45) is 0 Å². The molecule has 0 saturated carbocycles. The Morgan fingerprint density at radius 3 is 2.11 bits per heavy atom. The van der Waals surface area contributed by atoms with Crippen LogP contribution in [0.15, 0.2) is 42.5 Å². The quantitative estimate of drug-likeness (QED) is 0.691. The summed E-state index contributed by atoms with van der Waals surface area (Å²) in [6.45, 7) is 2.35. The summed E-state index contributed by atoms with van der Waals surface area (Å²) in [5, 5.41) is 5.64. The molecule has 2 aromatic rings. The lowest BCUT2D eigenvalue weighted by Crippen LogP contribution is -2.25. The standard InChI is InChI=1S/C20H24N2O4S/c1-14-4-6-16(7-5-14)22-20(24)13-27-12-19(23)21-11-15-8-17(25-2)10-18(9-15)26-3/h4-10H,11-13H2,1-3H3,(H,21,23)(H,22,24). The van der Waals surface area contributed by atoms with Crippen LogP contribution in [0.1, 0.15) is 11.1 Å². The first-order chi connectivity index (χ1) is 13.0. The molecule has 0 fully saturated rings. The second kappa shape index (κ2) is 10.5. The van der Waals surface area contributed by atoms with Crippen LogP contribution >= 0.6 is 11.8 Å². The van der Waals surface area contributed by atoms with E-state index in [2.05, 4.69) is 10.6 Å². The molecule has 0 aromatic heterocycles. The lowest BCUT2D eigenvalue weighted by atomic mass is 10.2. The average Bonchev–Trinajstić information content (AvgIpc) is 2.67. The van der Waals surface area contributed by atoms with Gasteiger partial charge in [-0.3, -0.25) is 9.59 Å². The van der Waals surface area contributed by atoms with Crippen LogP contribution in [0.3, 0.4) is 0 Å². The minimum absolute atomic E-state index is 0.130. The van der Waals surface area contributed by atoms with E-state index in [1.165, 1.54) is 11.8 Å². The molecule has 144 valence electrons. The third kappa shape index (κ3) is 7.22. The summed E-state index contributed by atoms with van der Waals surface area (Å²) in [4.78, 5) is 23.9. The number of methoxy groups -OCH3 is 2. The smallest absolute Gasteiger partial charge is 0.234 e. The van der Waals surface area contributed by atoms with E-state index in [0.717, 1.165) is 16.8 Å². The van der Waals surface area contributed by atoms with Crippen molar-refractivity contribution in [3.05, 3.63) is 53.6 Å². The number of amides is 2. The van der Waals surface area contributed by atoms with Crippen LogP contribution in [-0.4, -0.2) is 37.5 Å². The van der Waals surface area contributed by atoms with E-state index in [4.69, 9.17) is 9.47 Å². The van der Waals surface area contributed by atoms with Gasteiger partial charge in [0.25, 0.3) is 0 Å². The van der Waals surface area contributed by atoms with Gasteiger partial charge in [0.2, 0.25) is 11.8 Å². The molecule has 2 rings (SSSR count). The first-order valence-electron chi connectivity index (χ1n) is 8.43. The Kier molecular flexibility index (Phi) is 8.00. The zero-order valence-electron chi connectivity index (χ0n) is 15.7. The second-order valence-corrected chi connectivity index (χ2v) is 6.89. The summed E-state index contributed by atoms with van der Waals surface area (Å²) in [5.41, 5.74) is 2.76. The summed E-state index contributed by atoms with van der Waals surface area (Å²) in [6, 6.07) is 13.0. The fourth-order valence-corrected chi connectivity index (χ4v) is 2.94. The SMILES string of the molecule is COc1cc(CNC(=O)CSCC(=O)Nc2ccc(C)cc2)cc(OC)c1. The molecule has 0 aliphatic carbocycles. The van der Waals surface area contributed by atoms with Gasteiger partial charge in [0, 0.05) is 18.3 Å². The molecule has 6 nitrogen and oxygen atoms in total. The van der Waals surface area contributed by atoms with Crippen molar-refractivity contribution in [1.29, 1.82) is 0 Å². The minimum Gasteiger partial charge on any atom is -0.497 e. The van der Waals surface area contributed by atoms with Gasteiger partial charge >= 0.3 is 0 Å². The second-order valence-electron chi connectivity index (χ2n) is 5.90. The van der Waals surface area contributed by atoms with E-state index in [0.29, 0.717) is 18.0 Å². The maximum Gasteiger partial charge on any atom is 0.234 e. The molecular weight excluding hydrogens is 364 g/mol. The lowest BCUT2D eigenvalue weighted by molar-refractivity contribution is -0.118. The largest absolute Gasteiger partial charge is 0.497 e.